The van der Waals surface area contributed by atoms with Crippen molar-refractivity contribution in [2.24, 2.45) is 5.10 Å². The molecule has 136 valence electrons. The fourth-order valence-corrected chi connectivity index (χ4v) is 3.84. The first-order chi connectivity index (χ1) is 13.0. The summed E-state index contributed by atoms with van der Waals surface area (Å²) in [5, 5.41) is 17.0. The summed E-state index contributed by atoms with van der Waals surface area (Å²) in [7, 11) is 0. The average Bonchev–Trinajstić information content (AvgIpc) is 3.29. The third-order valence-corrected chi connectivity index (χ3v) is 5.55. The van der Waals surface area contributed by atoms with Crippen molar-refractivity contribution in [3.8, 4) is 5.75 Å². The summed E-state index contributed by atoms with van der Waals surface area (Å²) >= 11 is 7.40. The number of carbonyl (C=O) groups excluding carboxylic acids is 1. The highest BCUT2D eigenvalue weighted by Crippen LogP contribution is 2.38. The molecule has 2 aromatic carbocycles. The molecular weight excluding hydrogens is 382 g/mol. The Bertz CT molecular complexity index is 1030. The van der Waals surface area contributed by atoms with Gasteiger partial charge in [-0.25, -0.2) is 9.99 Å². The highest BCUT2D eigenvalue weighted by atomic mass is 35.5. The Kier molecular flexibility index (Phi) is 4.68. The van der Waals surface area contributed by atoms with E-state index < -0.39 is 6.04 Å². The SMILES string of the molecule is Cc1scnc1C(=O)N1N=C(c2ccc(Cl)cc2)CC1c1ccccc1O. The summed E-state index contributed by atoms with van der Waals surface area (Å²) in [6.45, 7) is 1.86. The van der Waals surface area contributed by atoms with E-state index in [2.05, 4.69) is 10.1 Å². The lowest BCUT2D eigenvalue weighted by molar-refractivity contribution is 0.0703. The van der Waals surface area contributed by atoms with E-state index in [1.807, 2.05) is 31.2 Å². The number of phenols is 1. The summed E-state index contributed by atoms with van der Waals surface area (Å²) in [6.07, 6.45) is 0.494. The first-order valence-corrected chi connectivity index (χ1v) is 9.65. The molecule has 1 atom stereocenters. The number of phenolic OH excluding ortho intramolecular Hbond substituents is 1. The van der Waals surface area contributed by atoms with E-state index in [1.165, 1.54) is 16.3 Å². The Labute approximate surface area is 165 Å². The number of aromatic hydroxyl groups is 1. The third kappa shape index (κ3) is 3.34. The van der Waals surface area contributed by atoms with Gasteiger partial charge in [-0.1, -0.05) is 41.9 Å². The fourth-order valence-electron chi connectivity index (χ4n) is 3.15. The lowest BCUT2D eigenvalue weighted by Gasteiger charge is -2.22. The standard InChI is InChI=1S/C20H16ClN3O2S/c1-12-19(22-11-27-12)20(26)24-17(15-4-2-3-5-18(15)25)10-16(23-24)13-6-8-14(21)9-7-13/h2-9,11,17,25H,10H2,1H3. The van der Waals surface area contributed by atoms with Crippen molar-refractivity contribution >= 4 is 34.6 Å². The number of hydrazone groups is 1. The van der Waals surface area contributed by atoms with Gasteiger partial charge in [0.05, 0.1) is 17.3 Å². The Morgan fingerprint density at radius 1 is 1.22 bits per heavy atom. The number of carbonyl (C=O) groups is 1. The maximum Gasteiger partial charge on any atom is 0.294 e. The van der Waals surface area contributed by atoms with Gasteiger partial charge >= 0.3 is 0 Å². The zero-order chi connectivity index (χ0) is 19.0. The normalized spacial score (nSPS) is 16.4. The molecule has 3 aromatic rings. The number of amides is 1. The number of nitrogens with zero attached hydrogens (tertiary/aromatic N) is 3. The molecule has 7 heteroatoms. The molecule has 5 nitrogen and oxygen atoms in total. The number of hydrogen-bond acceptors (Lipinski definition) is 5. The minimum absolute atomic E-state index is 0.142. The van der Waals surface area contributed by atoms with Crippen molar-refractivity contribution in [3.05, 3.63) is 80.8 Å². The van der Waals surface area contributed by atoms with E-state index in [0.29, 0.717) is 22.7 Å². The molecule has 1 aromatic heterocycles. The second kappa shape index (κ2) is 7.13. The number of halogens is 1. The molecule has 2 heterocycles. The molecule has 4 rings (SSSR count). The van der Waals surface area contributed by atoms with Crippen molar-refractivity contribution in [3.63, 3.8) is 0 Å². The van der Waals surface area contributed by atoms with Crippen LogP contribution >= 0.6 is 22.9 Å². The van der Waals surface area contributed by atoms with Gasteiger partial charge in [-0.3, -0.25) is 4.79 Å². The molecule has 1 aliphatic rings. The third-order valence-electron chi connectivity index (χ3n) is 4.54. The van der Waals surface area contributed by atoms with Crippen LogP contribution < -0.4 is 0 Å². The number of hydrogen-bond donors (Lipinski definition) is 1. The van der Waals surface area contributed by atoms with Crippen LogP contribution in [0.2, 0.25) is 5.02 Å². The molecule has 1 aliphatic heterocycles. The van der Waals surface area contributed by atoms with Gasteiger partial charge in [0.15, 0.2) is 0 Å². The van der Waals surface area contributed by atoms with Crippen molar-refractivity contribution in [1.29, 1.82) is 0 Å². The smallest absolute Gasteiger partial charge is 0.294 e. The zero-order valence-electron chi connectivity index (χ0n) is 14.5. The number of rotatable bonds is 3. The molecule has 0 saturated heterocycles. The summed E-state index contributed by atoms with van der Waals surface area (Å²) in [4.78, 5) is 18.2. The van der Waals surface area contributed by atoms with Gasteiger partial charge in [-0.05, 0) is 30.7 Å². The quantitative estimate of drug-likeness (QED) is 0.690. The van der Waals surface area contributed by atoms with Gasteiger partial charge in [0, 0.05) is 21.9 Å². The zero-order valence-corrected chi connectivity index (χ0v) is 16.0. The van der Waals surface area contributed by atoms with Crippen LogP contribution in [0.5, 0.6) is 5.75 Å². The lowest BCUT2D eigenvalue weighted by Crippen LogP contribution is -2.27. The summed E-state index contributed by atoms with van der Waals surface area (Å²) in [5.74, 6) is -0.131. The predicted molar refractivity (Wildman–Crippen MR) is 106 cm³/mol. The lowest BCUT2D eigenvalue weighted by atomic mass is 9.97. The Morgan fingerprint density at radius 2 is 1.96 bits per heavy atom. The maximum absolute atomic E-state index is 13.1. The summed E-state index contributed by atoms with van der Waals surface area (Å²) < 4.78 is 0. The van der Waals surface area contributed by atoms with E-state index in [1.54, 1.807) is 29.8 Å². The second-order valence-corrected chi connectivity index (χ2v) is 7.73. The molecule has 0 aliphatic carbocycles. The van der Waals surface area contributed by atoms with Crippen molar-refractivity contribution in [2.45, 2.75) is 19.4 Å². The predicted octanol–water partition coefficient (Wildman–Crippen LogP) is 4.80. The fraction of sp³-hybridized carbons (Fsp3) is 0.150. The Morgan fingerprint density at radius 3 is 2.63 bits per heavy atom. The van der Waals surface area contributed by atoms with Crippen molar-refractivity contribution < 1.29 is 9.90 Å². The largest absolute Gasteiger partial charge is 0.508 e. The van der Waals surface area contributed by atoms with Crippen LogP contribution in [0.15, 0.2) is 59.1 Å². The second-order valence-electron chi connectivity index (χ2n) is 6.24. The van der Waals surface area contributed by atoms with Gasteiger partial charge in [0.25, 0.3) is 5.91 Å². The first kappa shape index (κ1) is 17.7. The van der Waals surface area contributed by atoms with Crippen LogP contribution in [0.25, 0.3) is 0 Å². The number of benzene rings is 2. The van der Waals surface area contributed by atoms with Gasteiger partial charge in [0.2, 0.25) is 0 Å². The van der Waals surface area contributed by atoms with E-state index in [0.717, 1.165) is 16.2 Å². The molecule has 1 amide bonds. The molecule has 0 fully saturated rings. The Hall–Kier alpha value is -2.70. The molecular formula is C20H16ClN3O2S. The van der Waals surface area contributed by atoms with E-state index in [4.69, 9.17) is 11.6 Å². The van der Waals surface area contributed by atoms with Crippen LogP contribution in [0, 0.1) is 6.92 Å². The molecule has 0 bridgehead atoms. The average molecular weight is 398 g/mol. The van der Waals surface area contributed by atoms with Gasteiger partial charge in [0.1, 0.15) is 11.4 Å². The van der Waals surface area contributed by atoms with Crippen LogP contribution in [0.3, 0.4) is 0 Å². The van der Waals surface area contributed by atoms with E-state index in [9.17, 15) is 9.90 Å². The monoisotopic (exact) mass is 397 g/mol. The van der Waals surface area contributed by atoms with E-state index in [-0.39, 0.29) is 11.7 Å². The number of aromatic nitrogens is 1. The first-order valence-electron chi connectivity index (χ1n) is 8.39. The molecule has 0 radical (unpaired) electrons. The Balaban J connectivity index is 1.76. The molecule has 0 spiro atoms. The topological polar surface area (TPSA) is 65.8 Å². The number of para-hydroxylation sites is 1. The molecule has 27 heavy (non-hydrogen) atoms. The van der Waals surface area contributed by atoms with Crippen molar-refractivity contribution in [1.82, 2.24) is 9.99 Å². The van der Waals surface area contributed by atoms with Gasteiger partial charge in [-0.15, -0.1) is 11.3 Å². The number of aryl methyl sites for hydroxylation is 1. The summed E-state index contributed by atoms with van der Waals surface area (Å²) in [6, 6.07) is 14.0. The van der Waals surface area contributed by atoms with Gasteiger partial charge in [-0.2, -0.15) is 5.10 Å². The van der Waals surface area contributed by atoms with Crippen LogP contribution in [-0.2, 0) is 0 Å². The van der Waals surface area contributed by atoms with Crippen LogP contribution in [0.1, 0.15) is 39.0 Å². The number of thiazole rings is 1. The van der Waals surface area contributed by atoms with Gasteiger partial charge < -0.3 is 5.11 Å². The minimum Gasteiger partial charge on any atom is -0.508 e. The summed E-state index contributed by atoms with van der Waals surface area (Å²) in [5.41, 5.74) is 4.36. The maximum atomic E-state index is 13.1. The van der Waals surface area contributed by atoms with Crippen LogP contribution in [-0.4, -0.2) is 26.7 Å². The molecule has 1 N–H and O–H groups in total. The highest BCUT2D eigenvalue weighted by molar-refractivity contribution is 7.09. The minimum atomic E-state index is -0.398. The molecule has 1 unspecified atom stereocenters. The molecule has 0 saturated carbocycles. The van der Waals surface area contributed by atoms with E-state index >= 15 is 0 Å². The van der Waals surface area contributed by atoms with Crippen LogP contribution in [0.4, 0.5) is 0 Å². The van der Waals surface area contributed by atoms with Crippen molar-refractivity contribution in [2.75, 3.05) is 0 Å². The highest BCUT2D eigenvalue weighted by Gasteiger charge is 2.36.